The summed E-state index contributed by atoms with van der Waals surface area (Å²) in [5.74, 6) is 0.673. The van der Waals surface area contributed by atoms with E-state index in [-0.39, 0.29) is 5.91 Å². The first-order valence-electron chi connectivity index (χ1n) is 6.96. The van der Waals surface area contributed by atoms with Crippen LogP contribution in [0, 0.1) is 5.92 Å². The Labute approximate surface area is 119 Å². The molecular weight excluding hydrogens is 260 g/mol. The standard InChI is InChI=1S/C15H21ClN2O/c16-14-5-3-12(4-6-14)7-9-18-15(19)10-13-2-1-8-17-11-13/h3-6,13,17H,1-2,7-11H2,(H,18,19). The molecule has 0 saturated carbocycles. The van der Waals surface area contributed by atoms with Crippen molar-refractivity contribution >= 4 is 17.5 Å². The number of nitrogens with one attached hydrogen (secondary N) is 2. The minimum absolute atomic E-state index is 0.169. The molecule has 104 valence electrons. The van der Waals surface area contributed by atoms with Crippen molar-refractivity contribution in [3.63, 3.8) is 0 Å². The molecular formula is C15H21ClN2O. The van der Waals surface area contributed by atoms with E-state index in [1.54, 1.807) is 0 Å². The molecule has 0 aromatic heterocycles. The van der Waals surface area contributed by atoms with Crippen LogP contribution in [0.25, 0.3) is 0 Å². The highest BCUT2D eigenvalue weighted by atomic mass is 35.5. The fourth-order valence-corrected chi connectivity index (χ4v) is 2.56. The Balaban J connectivity index is 1.64. The molecule has 2 N–H and O–H groups in total. The van der Waals surface area contributed by atoms with Gasteiger partial charge in [0, 0.05) is 18.0 Å². The molecule has 1 aromatic rings. The molecule has 0 spiro atoms. The van der Waals surface area contributed by atoms with Gasteiger partial charge < -0.3 is 10.6 Å². The molecule has 3 nitrogen and oxygen atoms in total. The van der Waals surface area contributed by atoms with Crippen LogP contribution in [0.2, 0.25) is 5.02 Å². The van der Waals surface area contributed by atoms with Crippen molar-refractivity contribution in [2.75, 3.05) is 19.6 Å². The van der Waals surface area contributed by atoms with Crippen molar-refractivity contribution in [2.24, 2.45) is 5.92 Å². The molecule has 1 heterocycles. The predicted molar refractivity (Wildman–Crippen MR) is 78.4 cm³/mol. The van der Waals surface area contributed by atoms with E-state index in [4.69, 9.17) is 11.6 Å². The van der Waals surface area contributed by atoms with Gasteiger partial charge in [-0.25, -0.2) is 0 Å². The third-order valence-electron chi connectivity index (χ3n) is 3.52. The normalized spacial score (nSPS) is 19.1. The molecule has 0 bridgehead atoms. The molecule has 2 rings (SSSR count). The molecule has 19 heavy (non-hydrogen) atoms. The van der Waals surface area contributed by atoms with E-state index >= 15 is 0 Å². The number of rotatable bonds is 5. The zero-order chi connectivity index (χ0) is 13.5. The second-order valence-corrected chi connectivity index (χ2v) is 5.58. The van der Waals surface area contributed by atoms with Crippen LogP contribution in [0.5, 0.6) is 0 Å². The topological polar surface area (TPSA) is 41.1 Å². The van der Waals surface area contributed by atoms with Gasteiger partial charge in [0.1, 0.15) is 0 Å². The van der Waals surface area contributed by atoms with Gasteiger partial charge >= 0.3 is 0 Å². The fourth-order valence-electron chi connectivity index (χ4n) is 2.43. The third kappa shape index (κ3) is 5.21. The van der Waals surface area contributed by atoms with Crippen molar-refractivity contribution in [3.05, 3.63) is 34.9 Å². The summed E-state index contributed by atoms with van der Waals surface area (Å²) >= 11 is 5.83. The monoisotopic (exact) mass is 280 g/mol. The lowest BCUT2D eigenvalue weighted by molar-refractivity contribution is -0.122. The van der Waals surface area contributed by atoms with Crippen LogP contribution in [0.15, 0.2) is 24.3 Å². The van der Waals surface area contributed by atoms with Gasteiger partial charge in [-0.05, 0) is 56.0 Å². The Hall–Kier alpha value is -1.06. The first kappa shape index (κ1) is 14.4. The average Bonchev–Trinajstić information content (AvgIpc) is 2.42. The summed E-state index contributed by atoms with van der Waals surface area (Å²) in [7, 11) is 0. The van der Waals surface area contributed by atoms with Gasteiger partial charge in [-0.2, -0.15) is 0 Å². The number of piperidine rings is 1. The Morgan fingerprint density at radius 3 is 2.84 bits per heavy atom. The zero-order valence-electron chi connectivity index (χ0n) is 11.1. The van der Waals surface area contributed by atoms with E-state index in [9.17, 15) is 4.79 Å². The second-order valence-electron chi connectivity index (χ2n) is 5.14. The van der Waals surface area contributed by atoms with Crippen LogP contribution >= 0.6 is 11.6 Å². The molecule has 1 amide bonds. The summed E-state index contributed by atoms with van der Waals surface area (Å²) < 4.78 is 0. The van der Waals surface area contributed by atoms with Crippen LogP contribution < -0.4 is 10.6 Å². The summed E-state index contributed by atoms with van der Waals surface area (Å²) in [6.45, 7) is 2.76. The van der Waals surface area contributed by atoms with E-state index in [0.29, 0.717) is 18.9 Å². The number of carbonyl (C=O) groups is 1. The summed E-state index contributed by atoms with van der Waals surface area (Å²) in [6.07, 6.45) is 3.85. The largest absolute Gasteiger partial charge is 0.356 e. The van der Waals surface area contributed by atoms with E-state index in [0.717, 1.165) is 31.0 Å². The number of benzene rings is 1. The predicted octanol–water partition coefficient (Wildman–Crippen LogP) is 2.39. The SMILES string of the molecule is O=C(CC1CCCNC1)NCCc1ccc(Cl)cc1. The third-order valence-corrected chi connectivity index (χ3v) is 3.77. The highest BCUT2D eigenvalue weighted by Crippen LogP contribution is 2.13. The van der Waals surface area contributed by atoms with Crippen molar-refractivity contribution in [2.45, 2.75) is 25.7 Å². The molecule has 1 unspecified atom stereocenters. The van der Waals surface area contributed by atoms with Gasteiger partial charge in [0.15, 0.2) is 0 Å². The Bertz CT molecular complexity index is 399. The molecule has 1 aliphatic rings. The Kier molecular flexibility index (Phi) is 5.67. The van der Waals surface area contributed by atoms with Gasteiger partial charge in [-0.3, -0.25) is 4.79 Å². The minimum Gasteiger partial charge on any atom is -0.356 e. The molecule has 0 radical (unpaired) electrons. The summed E-state index contributed by atoms with van der Waals surface area (Å²) in [6, 6.07) is 7.76. The van der Waals surface area contributed by atoms with Gasteiger partial charge in [0.2, 0.25) is 5.91 Å². The van der Waals surface area contributed by atoms with E-state index in [1.165, 1.54) is 12.0 Å². The lowest BCUT2D eigenvalue weighted by Gasteiger charge is -2.22. The average molecular weight is 281 g/mol. The summed E-state index contributed by atoms with van der Waals surface area (Å²) in [4.78, 5) is 11.8. The Morgan fingerprint density at radius 2 is 2.16 bits per heavy atom. The number of hydrogen-bond donors (Lipinski definition) is 2. The van der Waals surface area contributed by atoms with Gasteiger partial charge in [0.25, 0.3) is 0 Å². The van der Waals surface area contributed by atoms with Crippen molar-refractivity contribution < 1.29 is 4.79 Å². The van der Waals surface area contributed by atoms with Crippen LogP contribution in [0.4, 0.5) is 0 Å². The highest BCUT2D eigenvalue weighted by molar-refractivity contribution is 6.30. The summed E-state index contributed by atoms with van der Waals surface area (Å²) in [5.41, 5.74) is 1.20. The van der Waals surface area contributed by atoms with Gasteiger partial charge in [-0.15, -0.1) is 0 Å². The summed E-state index contributed by atoms with van der Waals surface area (Å²) in [5, 5.41) is 7.08. The Morgan fingerprint density at radius 1 is 1.37 bits per heavy atom. The van der Waals surface area contributed by atoms with Crippen molar-refractivity contribution in [1.82, 2.24) is 10.6 Å². The lowest BCUT2D eigenvalue weighted by atomic mass is 9.96. The van der Waals surface area contributed by atoms with Gasteiger partial charge in [-0.1, -0.05) is 23.7 Å². The number of hydrogen-bond acceptors (Lipinski definition) is 2. The smallest absolute Gasteiger partial charge is 0.220 e. The highest BCUT2D eigenvalue weighted by Gasteiger charge is 2.16. The first-order valence-corrected chi connectivity index (χ1v) is 7.33. The molecule has 1 saturated heterocycles. The fraction of sp³-hybridized carbons (Fsp3) is 0.533. The zero-order valence-corrected chi connectivity index (χ0v) is 11.9. The van der Waals surface area contributed by atoms with Crippen molar-refractivity contribution in [3.8, 4) is 0 Å². The molecule has 4 heteroatoms. The first-order chi connectivity index (χ1) is 9.24. The van der Waals surface area contributed by atoms with E-state index in [2.05, 4.69) is 10.6 Å². The minimum atomic E-state index is 0.169. The maximum Gasteiger partial charge on any atom is 0.220 e. The van der Waals surface area contributed by atoms with Crippen LogP contribution in [0.1, 0.15) is 24.8 Å². The van der Waals surface area contributed by atoms with E-state index in [1.807, 2.05) is 24.3 Å². The second kappa shape index (κ2) is 7.51. The van der Waals surface area contributed by atoms with Crippen LogP contribution in [0.3, 0.4) is 0 Å². The molecule has 1 aliphatic heterocycles. The maximum absolute atomic E-state index is 11.8. The van der Waals surface area contributed by atoms with Gasteiger partial charge in [0.05, 0.1) is 0 Å². The molecule has 1 fully saturated rings. The lowest BCUT2D eigenvalue weighted by Crippen LogP contribution is -2.34. The van der Waals surface area contributed by atoms with Crippen molar-refractivity contribution in [1.29, 1.82) is 0 Å². The van der Waals surface area contributed by atoms with Crippen LogP contribution in [-0.2, 0) is 11.2 Å². The number of carbonyl (C=O) groups excluding carboxylic acids is 1. The molecule has 1 aromatic carbocycles. The quantitative estimate of drug-likeness (QED) is 0.870. The number of amides is 1. The van der Waals surface area contributed by atoms with Crippen LogP contribution in [-0.4, -0.2) is 25.5 Å². The van der Waals surface area contributed by atoms with E-state index < -0.39 is 0 Å². The molecule has 1 atom stereocenters. The maximum atomic E-state index is 11.8. The number of halogens is 1. The molecule has 0 aliphatic carbocycles.